The van der Waals surface area contributed by atoms with E-state index in [4.69, 9.17) is 0 Å². The summed E-state index contributed by atoms with van der Waals surface area (Å²) in [6.07, 6.45) is 0.294. The fourth-order valence-electron chi connectivity index (χ4n) is 3.62. The number of aliphatic hydroxyl groups is 1. The number of carbonyl (C=O) groups excluding carboxylic acids is 1. The monoisotopic (exact) mass is 293 g/mol. The molecule has 0 spiro atoms. The van der Waals surface area contributed by atoms with Gasteiger partial charge in [0.2, 0.25) is 0 Å². The topological polar surface area (TPSA) is 77.8 Å². The number of carbonyl (C=O) groups is 2. The molecule has 2 fully saturated rings. The molecular weight excluding hydrogens is 277 g/mol. The van der Waals surface area contributed by atoms with Crippen molar-refractivity contribution in [2.45, 2.75) is 43.4 Å². The van der Waals surface area contributed by atoms with Gasteiger partial charge in [-0.15, -0.1) is 0 Å². The Kier molecular flexibility index (Phi) is 3.20. The second-order valence-corrected chi connectivity index (χ2v) is 5.82. The Labute approximate surface area is 121 Å². The molecule has 1 aromatic carbocycles. The third-order valence-corrected chi connectivity index (χ3v) is 4.53. The van der Waals surface area contributed by atoms with Gasteiger partial charge in [0, 0.05) is 24.9 Å². The lowest BCUT2D eigenvalue weighted by molar-refractivity contribution is -0.0267. The fraction of sp³-hybridized carbons (Fsp3) is 0.467. The molecule has 21 heavy (non-hydrogen) atoms. The largest absolute Gasteiger partial charge is 0.465 e. The number of halogens is 1. The first kappa shape index (κ1) is 14.0. The summed E-state index contributed by atoms with van der Waals surface area (Å²) in [5.41, 5.74) is -1.82. The van der Waals surface area contributed by atoms with Crippen LogP contribution in [0.3, 0.4) is 0 Å². The van der Waals surface area contributed by atoms with E-state index in [0.29, 0.717) is 12.8 Å². The van der Waals surface area contributed by atoms with Gasteiger partial charge in [-0.2, -0.15) is 0 Å². The normalized spacial score (nSPS) is 31.2. The van der Waals surface area contributed by atoms with E-state index in [1.54, 1.807) is 6.07 Å². The van der Waals surface area contributed by atoms with E-state index in [9.17, 15) is 24.2 Å². The number of rotatable bonds is 2. The first-order valence-corrected chi connectivity index (χ1v) is 6.95. The molecule has 1 aromatic rings. The van der Waals surface area contributed by atoms with Crippen molar-refractivity contribution < 1.29 is 24.2 Å². The molecule has 2 bridgehead atoms. The first-order chi connectivity index (χ1) is 9.92. The molecule has 0 aliphatic carbocycles. The third-order valence-electron chi connectivity index (χ3n) is 4.53. The Bertz CT molecular complexity index is 589. The minimum absolute atomic E-state index is 0.0307. The molecule has 6 heteroatoms. The third kappa shape index (κ3) is 2.19. The standard InChI is InChI=1S/C15H16FNO4/c16-12-4-2-1-3-11(12)13(18)15(21)7-9-5-6-10(8-15)17(9)14(19)20/h1-4,9-10,21H,5-8H2,(H,19,20)/t9-,10+,15?. The predicted octanol–water partition coefficient (Wildman–Crippen LogP) is 2.04. The second kappa shape index (κ2) is 4.80. The van der Waals surface area contributed by atoms with Crippen LogP contribution in [0.5, 0.6) is 0 Å². The maximum Gasteiger partial charge on any atom is 0.407 e. The molecule has 2 saturated heterocycles. The van der Waals surface area contributed by atoms with Gasteiger partial charge < -0.3 is 15.1 Å². The van der Waals surface area contributed by atoms with Crippen LogP contribution in [0, 0.1) is 5.82 Å². The smallest absolute Gasteiger partial charge is 0.407 e. The lowest BCUT2D eigenvalue weighted by Gasteiger charge is -2.41. The Morgan fingerprint density at radius 2 is 1.76 bits per heavy atom. The minimum atomic E-state index is -1.68. The van der Waals surface area contributed by atoms with Crippen LogP contribution in [0.4, 0.5) is 9.18 Å². The molecule has 0 saturated carbocycles. The van der Waals surface area contributed by atoms with Crippen molar-refractivity contribution in [3.05, 3.63) is 35.6 Å². The van der Waals surface area contributed by atoms with Gasteiger partial charge in [0.25, 0.3) is 0 Å². The van der Waals surface area contributed by atoms with E-state index in [1.165, 1.54) is 23.1 Å². The van der Waals surface area contributed by atoms with Crippen molar-refractivity contribution in [3.63, 3.8) is 0 Å². The van der Waals surface area contributed by atoms with Crippen molar-refractivity contribution in [2.75, 3.05) is 0 Å². The highest BCUT2D eigenvalue weighted by atomic mass is 19.1. The van der Waals surface area contributed by atoms with Gasteiger partial charge in [-0.3, -0.25) is 4.79 Å². The molecule has 112 valence electrons. The molecule has 2 aliphatic rings. The number of hydrogen-bond acceptors (Lipinski definition) is 3. The van der Waals surface area contributed by atoms with Crippen molar-refractivity contribution in [3.8, 4) is 0 Å². The summed E-state index contributed by atoms with van der Waals surface area (Å²) in [6, 6.07) is 4.80. The summed E-state index contributed by atoms with van der Waals surface area (Å²) in [6.45, 7) is 0. The van der Waals surface area contributed by atoms with Gasteiger partial charge in [0.05, 0.1) is 5.56 Å². The van der Waals surface area contributed by atoms with Crippen molar-refractivity contribution >= 4 is 11.9 Å². The van der Waals surface area contributed by atoms with Crippen LogP contribution in [-0.4, -0.2) is 44.7 Å². The van der Waals surface area contributed by atoms with E-state index in [2.05, 4.69) is 0 Å². The zero-order chi connectivity index (χ0) is 15.2. The molecule has 2 N–H and O–H groups in total. The highest BCUT2D eigenvalue weighted by Gasteiger charge is 2.53. The van der Waals surface area contributed by atoms with Crippen LogP contribution in [0.2, 0.25) is 0 Å². The quantitative estimate of drug-likeness (QED) is 0.818. The summed E-state index contributed by atoms with van der Waals surface area (Å²) >= 11 is 0. The van der Waals surface area contributed by atoms with Crippen LogP contribution < -0.4 is 0 Å². The van der Waals surface area contributed by atoms with Crippen molar-refractivity contribution in [1.82, 2.24) is 4.90 Å². The van der Waals surface area contributed by atoms with Gasteiger partial charge >= 0.3 is 6.09 Å². The SMILES string of the molecule is O=C(O)N1[C@@H]2CC[C@H]1CC(O)(C(=O)c1ccccc1F)C2. The summed E-state index contributed by atoms with van der Waals surface area (Å²) < 4.78 is 13.7. The summed E-state index contributed by atoms with van der Waals surface area (Å²) in [4.78, 5) is 25.0. The van der Waals surface area contributed by atoms with Crippen LogP contribution in [-0.2, 0) is 0 Å². The number of ketones is 1. The molecule has 3 atom stereocenters. The van der Waals surface area contributed by atoms with Gasteiger partial charge in [-0.1, -0.05) is 12.1 Å². The van der Waals surface area contributed by atoms with E-state index < -0.39 is 23.3 Å². The lowest BCUT2D eigenvalue weighted by atomic mass is 9.80. The molecule has 2 aliphatic heterocycles. The predicted molar refractivity (Wildman–Crippen MR) is 71.6 cm³/mol. The number of Topliss-reactive ketones (excluding diaryl/α,β-unsaturated/α-hetero) is 1. The first-order valence-electron chi connectivity index (χ1n) is 6.95. The Morgan fingerprint density at radius 1 is 1.19 bits per heavy atom. The highest BCUT2D eigenvalue weighted by Crippen LogP contribution is 2.42. The fourth-order valence-corrected chi connectivity index (χ4v) is 3.62. The van der Waals surface area contributed by atoms with Crippen molar-refractivity contribution in [2.24, 2.45) is 0 Å². The van der Waals surface area contributed by atoms with Gasteiger partial charge in [0.1, 0.15) is 11.4 Å². The molecule has 2 heterocycles. The molecule has 1 unspecified atom stereocenters. The van der Waals surface area contributed by atoms with Gasteiger partial charge in [-0.05, 0) is 25.0 Å². The van der Waals surface area contributed by atoms with Crippen LogP contribution in [0.1, 0.15) is 36.0 Å². The number of carboxylic acid groups (broad SMARTS) is 1. The zero-order valence-electron chi connectivity index (χ0n) is 11.3. The molecule has 0 radical (unpaired) electrons. The average Bonchev–Trinajstić information content (AvgIpc) is 2.72. The molecule has 0 aromatic heterocycles. The van der Waals surface area contributed by atoms with E-state index >= 15 is 0 Å². The maximum absolute atomic E-state index is 13.7. The number of benzene rings is 1. The Hall–Kier alpha value is -1.95. The molecule has 1 amide bonds. The van der Waals surface area contributed by atoms with E-state index in [0.717, 1.165) is 0 Å². The summed E-state index contributed by atoms with van der Waals surface area (Å²) in [5, 5.41) is 19.9. The molecule has 3 rings (SSSR count). The molecular formula is C15H16FNO4. The Morgan fingerprint density at radius 3 is 2.29 bits per heavy atom. The Balaban J connectivity index is 1.89. The highest BCUT2D eigenvalue weighted by molar-refractivity contribution is 6.02. The van der Waals surface area contributed by atoms with Crippen LogP contribution in [0.25, 0.3) is 0 Å². The summed E-state index contributed by atoms with van der Waals surface area (Å²) in [5.74, 6) is -1.31. The van der Waals surface area contributed by atoms with E-state index in [1.807, 2.05) is 0 Å². The number of piperidine rings is 1. The number of hydrogen-bond donors (Lipinski definition) is 2. The second-order valence-electron chi connectivity index (χ2n) is 5.82. The number of nitrogens with zero attached hydrogens (tertiary/aromatic N) is 1. The summed E-state index contributed by atoms with van der Waals surface area (Å²) in [7, 11) is 0. The zero-order valence-corrected chi connectivity index (χ0v) is 11.3. The van der Waals surface area contributed by atoms with Crippen LogP contribution in [0.15, 0.2) is 24.3 Å². The minimum Gasteiger partial charge on any atom is -0.465 e. The average molecular weight is 293 g/mol. The van der Waals surface area contributed by atoms with Crippen molar-refractivity contribution in [1.29, 1.82) is 0 Å². The number of fused-ring (bicyclic) bond motifs is 2. The van der Waals surface area contributed by atoms with Gasteiger partial charge in [-0.25, -0.2) is 9.18 Å². The molecule has 5 nitrogen and oxygen atoms in total. The lowest BCUT2D eigenvalue weighted by Crippen LogP contribution is -2.56. The van der Waals surface area contributed by atoms with Crippen LogP contribution >= 0.6 is 0 Å². The van der Waals surface area contributed by atoms with E-state index in [-0.39, 0.29) is 30.5 Å². The maximum atomic E-state index is 13.7. The van der Waals surface area contributed by atoms with Gasteiger partial charge in [0.15, 0.2) is 5.78 Å². The number of amides is 1.